The summed E-state index contributed by atoms with van der Waals surface area (Å²) in [4.78, 5) is 14.9. The van der Waals surface area contributed by atoms with Crippen LogP contribution in [0.5, 0.6) is 0 Å². The van der Waals surface area contributed by atoms with Gasteiger partial charge < -0.3 is 16.5 Å². The summed E-state index contributed by atoms with van der Waals surface area (Å²) in [5.41, 5.74) is 7.40. The number of hydrogen-bond acceptors (Lipinski definition) is 5. The third kappa shape index (κ3) is 2.88. The maximum absolute atomic E-state index is 10.9. The minimum Gasteiger partial charge on any atom is -0.368 e. The summed E-state index contributed by atoms with van der Waals surface area (Å²) < 4.78 is 0. The van der Waals surface area contributed by atoms with Crippen molar-refractivity contribution in [1.29, 1.82) is 0 Å². The molecule has 0 aliphatic carbocycles. The minimum absolute atomic E-state index is 0.255. The van der Waals surface area contributed by atoms with Crippen LogP contribution in [0.3, 0.4) is 0 Å². The lowest BCUT2D eigenvalue weighted by molar-refractivity contribution is -0.118. The van der Waals surface area contributed by atoms with Gasteiger partial charge in [-0.05, 0) is 13.0 Å². The highest BCUT2D eigenvalue weighted by Gasteiger charge is 2.13. The maximum Gasteiger partial charge on any atom is 0.239 e. The number of rotatable bonds is 4. The van der Waals surface area contributed by atoms with Crippen molar-refractivity contribution in [1.82, 2.24) is 4.98 Å². The molecule has 6 nitrogen and oxygen atoms in total. The van der Waals surface area contributed by atoms with E-state index in [4.69, 9.17) is 34.8 Å². The van der Waals surface area contributed by atoms with Crippen molar-refractivity contribution in [2.24, 2.45) is 11.6 Å². The highest BCUT2D eigenvalue weighted by Crippen LogP contribution is 2.28. The Balaban J connectivity index is 3.00. The van der Waals surface area contributed by atoms with E-state index < -0.39 is 11.9 Å². The van der Waals surface area contributed by atoms with Crippen LogP contribution in [0.1, 0.15) is 6.92 Å². The summed E-state index contributed by atoms with van der Waals surface area (Å²) in [5, 5.41) is 3.30. The van der Waals surface area contributed by atoms with E-state index in [9.17, 15) is 4.79 Å². The van der Waals surface area contributed by atoms with Crippen LogP contribution in [-0.4, -0.2) is 16.9 Å². The lowest BCUT2D eigenvalue weighted by atomic mass is 10.3. The van der Waals surface area contributed by atoms with Gasteiger partial charge in [-0.15, -0.1) is 0 Å². The molecule has 1 aromatic rings. The van der Waals surface area contributed by atoms with Crippen LogP contribution in [0.15, 0.2) is 6.07 Å². The summed E-state index contributed by atoms with van der Waals surface area (Å²) in [5.74, 6) is 5.22. The van der Waals surface area contributed by atoms with Gasteiger partial charge in [0.2, 0.25) is 5.91 Å². The summed E-state index contributed by atoms with van der Waals surface area (Å²) in [7, 11) is 0. The first kappa shape index (κ1) is 12.8. The zero-order valence-corrected chi connectivity index (χ0v) is 9.93. The summed E-state index contributed by atoms with van der Waals surface area (Å²) >= 11 is 11.7. The predicted octanol–water partition coefficient (Wildman–Crippen LogP) is 0.960. The van der Waals surface area contributed by atoms with E-state index in [0.717, 1.165) is 0 Å². The van der Waals surface area contributed by atoms with Gasteiger partial charge in [0.05, 0.1) is 10.0 Å². The standard InChI is InChI=1S/C8H11Cl2N5O/c1-3(6(11)16)13-7-4(9)2-5(10)8(14-7)15-12/h2-3H,12H2,1H3,(H2,11,16)(H2,13,14,15). The highest BCUT2D eigenvalue weighted by molar-refractivity contribution is 6.37. The Bertz CT molecular complexity index is 412. The monoisotopic (exact) mass is 263 g/mol. The zero-order chi connectivity index (χ0) is 12.3. The first-order valence-electron chi connectivity index (χ1n) is 4.34. The average molecular weight is 264 g/mol. The lowest BCUT2D eigenvalue weighted by Crippen LogP contribution is -2.33. The third-order valence-corrected chi connectivity index (χ3v) is 2.42. The van der Waals surface area contributed by atoms with Crippen LogP contribution >= 0.6 is 23.2 Å². The van der Waals surface area contributed by atoms with Gasteiger partial charge in [-0.3, -0.25) is 4.79 Å². The molecule has 1 heterocycles. The van der Waals surface area contributed by atoms with Crippen molar-refractivity contribution in [2.45, 2.75) is 13.0 Å². The Labute approximate surface area is 102 Å². The molecule has 0 saturated carbocycles. The van der Waals surface area contributed by atoms with Crippen molar-refractivity contribution in [2.75, 3.05) is 10.7 Å². The van der Waals surface area contributed by atoms with Gasteiger partial charge in [-0.25, -0.2) is 10.8 Å². The van der Waals surface area contributed by atoms with Gasteiger partial charge >= 0.3 is 0 Å². The number of nitrogens with zero attached hydrogens (tertiary/aromatic N) is 1. The number of amides is 1. The molecular formula is C8H11Cl2N5O. The fraction of sp³-hybridized carbons (Fsp3) is 0.250. The lowest BCUT2D eigenvalue weighted by Gasteiger charge is -2.13. The van der Waals surface area contributed by atoms with Crippen LogP contribution in [0, 0.1) is 0 Å². The number of nitrogens with two attached hydrogens (primary N) is 2. The number of halogens is 2. The molecule has 0 aliphatic heterocycles. The first-order valence-corrected chi connectivity index (χ1v) is 5.09. The summed E-state index contributed by atoms with van der Waals surface area (Å²) in [6.45, 7) is 1.59. The SMILES string of the molecule is CC(Nc1nc(NN)c(Cl)cc1Cl)C(N)=O. The molecule has 0 radical (unpaired) electrons. The number of hydrogen-bond donors (Lipinski definition) is 4. The molecule has 8 heteroatoms. The smallest absolute Gasteiger partial charge is 0.239 e. The van der Waals surface area contributed by atoms with E-state index in [0.29, 0.717) is 0 Å². The molecule has 6 N–H and O–H groups in total. The van der Waals surface area contributed by atoms with Crippen molar-refractivity contribution in [3.05, 3.63) is 16.1 Å². The Morgan fingerprint density at radius 1 is 1.44 bits per heavy atom. The normalized spacial score (nSPS) is 12.0. The molecule has 0 aromatic carbocycles. The molecule has 0 aliphatic rings. The summed E-state index contributed by atoms with van der Waals surface area (Å²) in [6.07, 6.45) is 0. The molecule has 1 unspecified atom stereocenters. The number of anilines is 2. The topological polar surface area (TPSA) is 106 Å². The van der Waals surface area contributed by atoms with E-state index in [2.05, 4.69) is 15.7 Å². The second-order valence-corrected chi connectivity index (χ2v) is 3.88. The van der Waals surface area contributed by atoms with E-state index in [1.54, 1.807) is 6.92 Å². The molecule has 1 amide bonds. The largest absolute Gasteiger partial charge is 0.368 e. The number of aromatic nitrogens is 1. The van der Waals surface area contributed by atoms with Gasteiger partial charge in [0, 0.05) is 0 Å². The Kier molecular flexibility index (Phi) is 4.17. The second-order valence-electron chi connectivity index (χ2n) is 3.06. The number of pyridine rings is 1. The van der Waals surface area contributed by atoms with Gasteiger partial charge in [-0.1, -0.05) is 23.2 Å². The van der Waals surface area contributed by atoms with Crippen LogP contribution in [0.25, 0.3) is 0 Å². The molecular weight excluding hydrogens is 253 g/mol. The van der Waals surface area contributed by atoms with Crippen molar-refractivity contribution < 1.29 is 4.79 Å². The van der Waals surface area contributed by atoms with E-state index >= 15 is 0 Å². The van der Waals surface area contributed by atoms with Gasteiger partial charge in [0.15, 0.2) is 5.82 Å². The number of carbonyl (C=O) groups is 1. The average Bonchev–Trinajstić information content (AvgIpc) is 2.21. The Hall–Kier alpha value is -1.24. The first-order chi connectivity index (χ1) is 7.45. The predicted molar refractivity (Wildman–Crippen MR) is 64.3 cm³/mol. The van der Waals surface area contributed by atoms with Crippen molar-refractivity contribution in [3.8, 4) is 0 Å². The van der Waals surface area contributed by atoms with E-state index in [-0.39, 0.29) is 21.7 Å². The second kappa shape index (κ2) is 5.20. The van der Waals surface area contributed by atoms with Gasteiger partial charge in [-0.2, -0.15) is 0 Å². The van der Waals surface area contributed by atoms with Gasteiger partial charge in [0.25, 0.3) is 0 Å². The maximum atomic E-state index is 10.9. The third-order valence-electron chi connectivity index (χ3n) is 1.85. The molecule has 0 fully saturated rings. The van der Waals surface area contributed by atoms with E-state index in [1.807, 2.05) is 0 Å². The molecule has 88 valence electrons. The number of nitrogens with one attached hydrogen (secondary N) is 2. The van der Waals surface area contributed by atoms with Crippen LogP contribution < -0.4 is 22.3 Å². The number of carbonyl (C=O) groups excluding carboxylic acids is 1. The Morgan fingerprint density at radius 3 is 2.50 bits per heavy atom. The molecule has 0 saturated heterocycles. The number of nitrogen functional groups attached to an aromatic ring is 1. The Morgan fingerprint density at radius 2 is 2.00 bits per heavy atom. The highest BCUT2D eigenvalue weighted by atomic mass is 35.5. The molecule has 1 atom stereocenters. The summed E-state index contributed by atoms with van der Waals surface area (Å²) in [6, 6.07) is 0.859. The minimum atomic E-state index is -0.600. The van der Waals surface area contributed by atoms with E-state index in [1.165, 1.54) is 6.07 Å². The molecule has 1 rings (SSSR count). The van der Waals surface area contributed by atoms with Crippen LogP contribution in [0.2, 0.25) is 10.0 Å². The molecule has 0 bridgehead atoms. The number of primary amides is 1. The van der Waals surface area contributed by atoms with Crippen LogP contribution in [0.4, 0.5) is 11.6 Å². The fourth-order valence-electron chi connectivity index (χ4n) is 0.945. The molecule has 0 spiro atoms. The zero-order valence-electron chi connectivity index (χ0n) is 8.42. The number of hydrazine groups is 1. The van der Waals surface area contributed by atoms with Crippen LogP contribution in [-0.2, 0) is 4.79 Å². The molecule has 16 heavy (non-hydrogen) atoms. The fourth-order valence-corrected chi connectivity index (χ4v) is 1.41. The van der Waals surface area contributed by atoms with Crippen molar-refractivity contribution >= 4 is 40.7 Å². The van der Waals surface area contributed by atoms with Crippen molar-refractivity contribution in [3.63, 3.8) is 0 Å². The quantitative estimate of drug-likeness (QED) is 0.478. The van der Waals surface area contributed by atoms with Gasteiger partial charge in [0.1, 0.15) is 11.9 Å². The molecule has 1 aromatic heterocycles.